The van der Waals surface area contributed by atoms with E-state index in [9.17, 15) is 4.79 Å². The molecule has 1 aliphatic heterocycles. The van der Waals surface area contributed by atoms with E-state index in [4.69, 9.17) is 14.2 Å². The highest BCUT2D eigenvalue weighted by Gasteiger charge is 2.24. The van der Waals surface area contributed by atoms with Crippen molar-refractivity contribution < 1.29 is 19.0 Å². The fourth-order valence-electron chi connectivity index (χ4n) is 3.54. The number of carbonyl (C=O) groups excluding carboxylic acids is 1. The minimum atomic E-state index is -0.0423. The molecule has 0 aliphatic carbocycles. The molecule has 2 aromatic rings. The first kappa shape index (κ1) is 20.1. The number of methoxy groups -OCH3 is 2. The first-order chi connectivity index (χ1) is 13.3. The highest BCUT2D eigenvalue weighted by atomic mass is 16.5. The van der Waals surface area contributed by atoms with Gasteiger partial charge >= 0.3 is 0 Å². The molecule has 0 N–H and O–H groups in total. The molecule has 0 fully saturated rings. The smallest absolute Gasteiger partial charge is 0.260 e. The van der Waals surface area contributed by atoms with Gasteiger partial charge in [0.2, 0.25) is 0 Å². The number of nitrogens with zero attached hydrogens (tertiary/aromatic N) is 1. The molecule has 3 rings (SSSR count). The SMILES string of the molecule is COc1cc2c(cc1OC)CN(C(=O)COc1ccccc1C(C)(C)C)CC2. The van der Waals surface area contributed by atoms with Crippen LogP contribution in [0.4, 0.5) is 0 Å². The number of amides is 1. The molecule has 0 bridgehead atoms. The lowest BCUT2D eigenvalue weighted by Gasteiger charge is -2.30. The number of hydrogen-bond acceptors (Lipinski definition) is 4. The molecule has 28 heavy (non-hydrogen) atoms. The van der Waals surface area contributed by atoms with E-state index in [0.29, 0.717) is 18.8 Å². The lowest BCUT2D eigenvalue weighted by molar-refractivity contribution is -0.134. The van der Waals surface area contributed by atoms with Gasteiger partial charge in [0, 0.05) is 13.1 Å². The largest absolute Gasteiger partial charge is 0.493 e. The van der Waals surface area contributed by atoms with Crippen molar-refractivity contribution in [2.75, 3.05) is 27.4 Å². The van der Waals surface area contributed by atoms with Crippen LogP contribution in [0.2, 0.25) is 0 Å². The molecule has 0 spiro atoms. The normalized spacial score (nSPS) is 13.7. The molecule has 5 nitrogen and oxygen atoms in total. The number of para-hydroxylation sites is 1. The molecule has 0 saturated carbocycles. The number of ether oxygens (including phenoxy) is 3. The van der Waals surface area contributed by atoms with Gasteiger partial charge in [0.15, 0.2) is 18.1 Å². The second kappa shape index (κ2) is 8.13. The van der Waals surface area contributed by atoms with Crippen molar-refractivity contribution in [3.63, 3.8) is 0 Å². The summed E-state index contributed by atoms with van der Waals surface area (Å²) in [4.78, 5) is 14.6. The van der Waals surface area contributed by atoms with Crippen molar-refractivity contribution in [1.29, 1.82) is 0 Å². The predicted octanol–water partition coefficient (Wildman–Crippen LogP) is 3.97. The molecule has 2 aromatic carbocycles. The van der Waals surface area contributed by atoms with Crippen LogP contribution in [-0.2, 0) is 23.2 Å². The van der Waals surface area contributed by atoms with E-state index < -0.39 is 0 Å². The minimum absolute atomic E-state index is 0.0100. The Labute approximate surface area is 167 Å². The second-order valence-corrected chi connectivity index (χ2v) is 8.08. The molecule has 1 heterocycles. The molecule has 5 heteroatoms. The first-order valence-electron chi connectivity index (χ1n) is 9.57. The van der Waals surface area contributed by atoms with Gasteiger partial charge in [-0.05, 0) is 46.7 Å². The van der Waals surface area contributed by atoms with Gasteiger partial charge in [0.05, 0.1) is 14.2 Å². The van der Waals surface area contributed by atoms with Gasteiger partial charge in [-0.2, -0.15) is 0 Å². The van der Waals surface area contributed by atoms with Crippen LogP contribution in [0.15, 0.2) is 36.4 Å². The summed E-state index contributed by atoms with van der Waals surface area (Å²) in [5.74, 6) is 2.17. The van der Waals surface area contributed by atoms with Crippen LogP contribution < -0.4 is 14.2 Å². The summed E-state index contributed by atoms with van der Waals surface area (Å²) < 4.78 is 16.7. The summed E-state index contributed by atoms with van der Waals surface area (Å²) in [6, 6.07) is 11.9. The number of benzene rings is 2. The van der Waals surface area contributed by atoms with Gasteiger partial charge in [0.25, 0.3) is 5.91 Å². The summed E-state index contributed by atoms with van der Waals surface area (Å²) in [6.07, 6.45) is 0.792. The zero-order valence-corrected chi connectivity index (χ0v) is 17.4. The van der Waals surface area contributed by atoms with E-state index in [-0.39, 0.29) is 17.9 Å². The van der Waals surface area contributed by atoms with Crippen LogP contribution in [0.25, 0.3) is 0 Å². The molecule has 1 aliphatic rings. The fourth-order valence-corrected chi connectivity index (χ4v) is 3.54. The molecule has 150 valence electrons. The van der Waals surface area contributed by atoms with Crippen LogP contribution in [0.1, 0.15) is 37.5 Å². The zero-order chi connectivity index (χ0) is 20.3. The van der Waals surface area contributed by atoms with E-state index in [1.54, 1.807) is 14.2 Å². The van der Waals surface area contributed by atoms with E-state index in [1.807, 2.05) is 35.2 Å². The summed E-state index contributed by atoms with van der Waals surface area (Å²) >= 11 is 0. The van der Waals surface area contributed by atoms with E-state index in [2.05, 4.69) is 26.8 Å². The second-order valence-electron chi connectivity index (χ2n) is 8.08. The van der Waals surface area contributed by atoms with Crippen LogP contribution in [0, 0.1) is 0 Å². The van der Waals surface area contributed by atoms with Crippen molar-refractivity contribution in [2.24, 2.45) is 0 Å². The number of carbonyl (C=O) groups is 1. The molecule has 1 amide bonds. The van der Waals surface area contributed by atoms with E-state index in [1.165, 1.54) is 5.56 Å². The Kier molecular flexibility index (Phi) is 5.82. The van der Waals surface area contributed by atoms with Gasteiger partial charge in [-0.1, -0.05) is 39.0 Å². The van der Waals surface area contributed by atoms with Crippen LogP contribution in [-0.4, -0.2) is 38.2 Å². The lowest BCUT2D eigenvalue weighted by atomic mass is 9.86. The Balaban J connectivity index is 1.69. The third-order valence-corrected chi connectivity index (χ3v) is 5.12. The summed E-state index contributed by atoms with van der Waals surface area (Å²) in [5.41, 5.74) is 3.34. The Morgan fingerprint density at radius 3 is 2.29 bits per heavy atom. The van der Waals surface area contributed by atoms with Crippen molar-refractivity contribution in [1.82, 2.24) is 4.90 Å². The van der Waals surface area contributed by atoms with Crippen LogP contribution in [0.5, 0.6) is 17.2 Å². The summed E-state index contributed by atoms with van der Waals surface area (Å²) in [5, 5.41) is 0. The van der Waals surface area contributed by atoms with Crippen molar-refractivity contribution in [3.8, 4) is 17.2 Å². The predicted molar refractivity (Wildman–Crippen MR) is 109 cm³/mol. The highest BCUT2D eigenvalue weighted by molar-refractivity contribution is 5.78. The molecule has 0 atom stereocenters. The maximum Gasteiger partial charge on any atom is 0.260 e. The average molecular weight is 383 g/mol. The molecular formula is C23H29NO4. The first-order valence-corrected chi connectivity index (χ1v) is 9.57. The Bertz CT molecular complexity index is 854. The third-order valence-electron chi connectivity index (χ3n) is 5.12. The molecule has 0 radical (unpaired) electrons. The van der Waals surface area contributed by atoms with E-state index in [0.717, 1.165) is 29.0 Å². The lowest BCUT2D eigenvalue weighted by Crippen LogP contribution is -2.39. The number of hydrogen-bond donors (Lipinski definition) is 0. The topological polar surface area (TPSA) is 48.0 Å². The van der Waals surface area contributed by atoms with Crippen LogP contribution in [0.3, 0.4) is 0 Å². The maximum absolute atomic E-state index is 12.8. The van der Waals surface area contributed by atoms with Gasteiger partial charge in [-0.15, -0.1) is 0 Å². The quantitative estimate of drug-likeness (QED) is 0.784. The van der Waals surface area contributed by atoms with Gasteiger partial charge < -0.3 is 19.1 Å². The van der Waals surface area contributed by atoms with Gasteiger partial charge in [0.1, 0.15) is 5.75 Å². The Morgan fingerprint density at radius 1 is 1.00 bits per heavy atom. The van der Waals surface area contributed by atoms with E-state index >= 15 is 0 Å². The van der Waals surface area contributed by atoms with Crippen molar-refractivity contribution in [3.05, 3.63) is 53.1 Å². The summed E-state index contributed by atoms with van der Waals surface area (Å²) in [7, 11) is 3.26. The monoisotopic (exact) mass is 383 g/mol. The number of fused-ring (bicyclic) bond motifs is 1. The van der Waals surface area contributed by atoms with Gasteiger partial charge in [-0.3, -0.25) is 4.79 Å². The highest BCUT2D eigenvalue weighted by Crippen LogP contribution is 2.34. The molecule has 0 unspecified atom stereocenters. The number of rotatable bonds is 5. The molecule has 0 saturated heterocycles. The maximum atomic E-state index is 12.8. The minimum Gasteiger partial charge on any atom is -0.493 e. The Morgan fingerprint density at radius 2 is 1.64 bits per heavy atom. The third kappa shape index (κ3) is 4.24. The van der Waals surface area contributed by atoms with Crippen molar-refractivity contribution >= 4 is 5.91 Å². The molecule has 0 aromatic heterocycles. The van der Waals surface area contributed by atoms with Crippen LogP contribution >= 0.6 is 0 Å². The van der Waals surface area contributed by atoms with Crippen molar-refractivity contribution in [2.45, 2.75) is 39.2 Å². The fraction of sp³-hybridized carbons (Fsp3) is 0.435. The summed E-state index contributed by atoms with van der Waals surface area (Å²) in [6.45, 7) is 7.68. The average Bonchev–Trinajstić information content (AvgIpc) is 2.69. The molecular weight excluding hydrogens is 354 g/mol. The Hall–Kier alpha value is -2.69. The van der Waals surface area contributed by atoms with Gasteiger partial charge in [-0.25, -0.2) is 0 Å². The standard InChI is InChI=1S/C23H29NO4/c1-23(2,3)18-8-6-7-9-19(18)28-15-22(25)24-11-10-16-12-20(26-4)21(27-5)13-17(16)14-24/h6-9,12-13H,10-11,14-15H2,1-5H3. The zero-order valence-electron chi connectivity index (χ0n) is 17.4.